The molecule has 0 bridgehead atoms. The average molecular weight is 250 g/mol. The third kappa shape index (κ3) is 2.33. The summed E-state index contributed by atoms with van der Waals surface area (Å²) in [5.74, 6) is -0.489. The molecule has 0 spiro atoms. The van der Waals surface area contributed by atoms with Crippen molar-refractivity contribution < 1.29 is 9.18 Å². The molecule has 0 atom stereocenters. The van der Waals surface area contributed by atoms with E-state index in [1.807, 2.05) is 6.92 Å². The second-order valence-corrected chi connectivity index (χ2v) is 5.03. The van der Waals surface area contributed by atoms with Crippen LogP contribution in [-0.4, -0.2) is 5.91 Å². The van der Waals surface area contributed by atoms with Crippen LogP contribution < -0.4 is 11.1 Å². The number of halogens is 1. The molecule has 0 aromatic heterocycles. The SMILES string of the molecule is CCC1(C(=O)Nc2ccc(N)c(F)c2)CCCC1. The Morgan fingerprint density at radius 1 is 1.44 bits per heavy atom. The third-order valence-corrected chi connectivity index (χ3v) is 3.98. The first-order valence-corrected chi connectivity index (χ1v) is 6.44. The summed E-state index contributed by atoms with van der Waals surface area (Å²) in [7, 11) is 0. The molecule has 1 aromatic rings. The molecule has 0 unspecified atom stereocenters. The number of hydrogen-bond donors (Lipinski definition) is 2. The smallest absolute Gasteiger partial charge is 0.230 e. The highest BCUT2D eigenvalue weighted by atomic mass is 19.1. The lowest BCUT2D eigenvalue weighted by molar-refractivity contribution is -0.125. The topological polar surface area (TPSA) is 55.1 Å². The molecule has 18 heavy (non-hydrogen) atoms. The fourth-order valence-corrected chi connectivity index (χ4v) is 2.66. The number of amides is 1. The zero-order valence-electron chi connectivity index (χ0n) is 10.6. The molecular formula is C14H19FN2O. The lowest BCUT2D eigenvalue weighted by atomic mass is 9.82. The summed E-state index contributed by atoms with van der Waals surface area (Å²) in [5, 5.41) is 2.81. The van der Waals surface area contributed by atoms with Crippen LogP contribution >= 0.6 is 0 Å². The number of carbonyl (C=O) groups is 1. The average Bonchev–Trinajstić information content (AvgIpc) is 2.84. The number of nitrogens with two attached hydrogens (primary N) is 1. The van der Waals surface area contributed by atoms with Crippen LogP contribution in [0.1, 0.15) is 39.0 Å². The third-order valence-electron chi connectivity index (χ3n) is 3.98. The lowest BCUT2D eigenvalue weighted by Gasteiger charge is -2.26. The second-order valence-electron chi connectivity index (χ2n) is 5.03. The van der Waals surface area contributed by atoms with Gasteiger partial charge in [0.15, 0.2) is 0 Å². The Balaban J connectivity index is 2.13. The normalized spacial score (nSPS) is 17.7. The van der Waals surface area contributed by atoms with Gasteiger partial charge >= 0.3 is 0 Å². The Morgan fingerprint density at radius 3 is 2.67 bits per heavy atom. The summed E-state index contributed by atoms with van der Waals surface area (Å²) < 4.78 is 13.3. The molecule has 3 N–H and O–H groups in total. The molecule has 0 heterocycles. The number of carbonyl (C=O) groups excluding carboxylic acids is 1. The van der Waals surface area contributed by atoms with Gasteiger partial charge in [0, 0.05) is 11.1 Å². The number of anilines is 2. The minimum atomic E-state index is -0.496. The van der Waals surface area contributed by atoms with E-state index in [0.29, 0.717) is 5.69 Å². The number of nitrogens with one attached hydrogen (secondary N) is 1. The van der Waals surface area contributed by atoms with E-state index in [-0.39, 0.29) is 17.0 Å². The molecule has 0 saturated heterocycles. The lowest BCUT2D eigenvalue weighted by Crippen LogP contribution is -2.33. The van der Waals surface area contributed by atoms with Gasteiger partial charge in [-0.2, -0.15) is 0 Å². The van der Waals surface area contributed by atoms with Gasteiger partial charge in [0.25, 0.3) is 0 Å². The standard InChI is InChI=1S/C14H19FN2O/c1-2-14(7-3-4-8-14)13(18)17-10-5-6-12(16)11(15)9-10/h5-6,9H,2-4,7-8,16H2,1H3,(H,17,18). The van der Waals surface area contributed by atoms with Crippen molar-refractivity contribution in [1.82, 2.24) is 0 Å². The predicted octanol–water partition coefficient (Wildman–Crippen LogP) is 3.32. The van der Waals surface area contributed by atoms with Crippen molar-refractivity contribution in [3.63, 3.8) is 0 Å². The molecule has 1 aliphatic carbocycles. The minimum Gasteiger partial charge on any atom is -0.396 e. The Bertz CT molecular complexity index is 453. The number of hydrogen-bond acceptors (Lipinski definition) is 2. The fraction of sp³-hybridized carbons (Fsp3) is 0.500. The van der Waals surface area contributed by atoms with Crippen molar-refractivity contribution in [2.45, 2.75) is 39.0 Å². The van der Waals surface area contributed by atoms with Crippen molar-refractivity contribution >= 4 is 17.3 Å². The highest BCUT2D eigenvalue weighted by Gasteiger charge is 2.39. The van der Waals surface area contributed by atoms with E-state index in [9.17, 15) is 9.18 Å². The van der Waals surface area contributed by atoms with E-state index < -0.39 is 5.82 Å². The quantitative estimate of drug-likeness (QED) is 0.808. The highest BCUT2D eigenvalue weighted by Crippen LogP contribution is 2.41. The van der Waals surface area contributed by atoms with Crippen LogP contribution in [0.25, 0.3) is 0 Å². The minimum absolute atomic E-state index is 0.00618. The molecule has 1 fully saturated rings. The predicted molar refractivity (Wildman–Crippen MR) is 70.6 cm³/mol. The van der Waals surface area contributed by atoms with Gasteiger partial charge in [-0.05, 0) is 37.5 Å². The van der Waals surface area contributed by atoms with Crippen LogP contribution in [0.15, 0.2) is 18.2 Å². The zero-order valence-corrected chi connectivity index (χ0v) is 10.6. The van der Waals surface area contributed by atoms with E-state index in [1.165, 1.54) is 12.1 Å². The van der Waals surface area contributed by atoms with Gasteiger partial charge in [-0.1, -0.05) is 19.8 Å². The van der Waals surface area contributed by atoms with Crippen molar-refractivity contribution in [3.05, 3.63) is 24.0 Å². The molecule has 1 aromatic carbocycles. The monoisotopic (exact) mass is 250 g/mol. The fourth-order valence-electron chi connectivity index (χ4n) is 2.66. The van der Waals surface area contributed by atoms with Crippen molar-refractivity contribution in [2.24, 2.45) is 5.41 Å². The van der Waals surface area contributed by atoms with Crippen molar-refractivity contribution in [2.75, 3.05) is 11.1 Å². The maximum absolute atomic E-state index is 13.3. The van der Waals surface area contributed by atoms with Crippen LogP contribution in [0.2, 0.25) is 0 Å². The molecule has 1 aliphatic rings. The first kappa shape index (κ1) is 12.9. The molecule has 0 radical (unpaired) electrons. The number of nitrogen functional groups attached to an aromatic ring is 1. The van der Waals surface area contributed by atoms with E-state index in [2.05, 4.69) is 5.32 Å². The van der Waals surface area contributed by atoms with Crippen LogP contribution in [0.3, 0.4) is 0 Å². The summed E-state index contributed by atoms with van der Waals surface area (Å²) >= 11 is 0. The Labute approximate surface area is 107 Å². The van der Waals surface area contributed by atoms with Crippen molar-refractivity contribution in [1.29, 1.82) is 0 Å². The number of rotatable bonds is 3. The van der Waals surface area contributed by atoms with E-state index >= 15 is 0 Å². The molecular weight excluding hydrogens is 231 g/mol. The zero-order chi connectivity index (χ0) is 13.2. The van der Waals surface area contributed by atoms with Crippen LogP contribution in [0, 0.1) is 11.2 Å². The van der Waals surface area contributed by atoms with Crippen molar-refractivity contribution in [3.8, 4) is 0 Å². The molecule has 2 rings (SSSR count). The van der Waals surface area contributed by atoms with Gasteiger partial charge < -0.3 is 11.1 Å². The van der Waals surface area contributed by atoms with Gasteiger partial charge in [-0.3, -0.25) is 4.79 Å². The van der Waals surface area contributed by atoms with Gasteiger partial charge in [-0.15, -0.1) is 0 Å². The van der Waals surface area contributed by atoms with Gasteiger partial charge in [-0.25, -0.2) is 4.39 Å². The molecule has 1 amide bonds. The van der Waals surface area contributed by atoms with Gasteiger partial charge in [0.1, 0.15) is 5.82 Å². The Kier molecular flexibility index (Phi) is 3.55. The molecule has 3 nitrogen and oxygen atoms in total. The summed E-state index contributed by atoms with van der Waals surface area (Å²) in [4.78, 5) is 12.3. The largest absolute Gasteiger partial charge is 0.396 e. The van der Waals surface area contributed by atoms with Crippen LogP contribution in [0.5, 0.6) is 0 Å². The van der Waals surface area contributed by atoms with E-state index in [1.54, 1.807) is 6.07 Å². The molecule has 1 saturated carbocycles. The Hall–Kier alpha value is -1.58. The summed E-state index contributed by atoms with van der Waals surface area (Å²) in [6.45, 7) is 2.04. The number of benzene rings is 1. The first-order chi connectivity index (χ1) is 8.57. The molecule has 98 valence electrons. The van der Waals surface area contributed by atoms with E-state index in [0.717, 1.165) is 32.1 Å². The molecule has 0 aliphatic heterocycles. The maximum Gasteiger partial charge on any atom is 0.230 e. The van der Waals surface area contributed by atoms with Gasteiger partial charge in [0.05, 0.1) is 5.69 Å². The summed E-state index contributed by atoms with van der Waals surface area (Å²) in [6, 6.07) is 4.37. The maximum atomic E-state index is 13.3. The Morgan fingerprint density at radius 2 is 2.11 bits per heavy atom. The summed E-state index contributed by atoms with van der Waals surface area (Å²) in [5.41, 5.74) is 5.71. The molecule has 4 heteroatoms. The first-order valence-electron chi connectivity index (χ1n) is 6.44. The van der Waals surface area contributed by atoms with Crippen LogP contribution in [-0.2, 0) is 4.79 Å². The van der Waals surface area contributed by atoms with E-state index in [4.69, 9.17) is 5.73 Å². The highest BCUT2D eigenvalue weighted by molar-refractivity contribution is 5.95. The van der Waals surface area contributed by atoms with Crippen LogP contribution in [0.4, 0.5) is 15.8 Å². The second kappa shape index (κ2) is 4.96. The van der Waals surface area contributed by atoms with Gasteiger partial charge in [0.2, 0.25) is 5.91 Å². The summed E-state index contributed by atoms with van der Waals surface area (Å²) in [6.07, 6.45) is 4.87.